The maximum atomic E-state index is 14.0. The molecule has 5 rings (SSSR count). The molecule has 0 saturated carbocycles. The molecule has 0 atom stereocenters. The minimum absolute atomic E-state index is 0.0530. The van der Waals surface area contributed by atoms with Crippen LogP contribution in [0.25, 0.3) is 17.3 Å². The fraction of sp³-hybridized carbons (Fsp3) is 0.162. The summed E-state index contributed by atoms with van der Waals surface area (Å²) in [6, 6.07) is 36.4. The Kier molecular flexibility index (Phi) is 8.58. The Labute approximate surface area is 257 Å². The Morgan fingerprint density at radius 1 is 0.864 bits per heavy atom. The first-order valence-electron chi connectivity index (χ1n) is 14.4. The van der Waals surface area contributed by atoms with Crippen molar-refractivity contribution in [1.29, 1.82) is 0 Å². The zero-order valence-electron chi connectivity index (χ0n) is 25.1. The summed E-state index contributed by atoms with van der Waals surface area (Å²) >= 11 is 0. The van der Waals surface area contributed by atoms with Crippen molar-refractivity contribution >= 4 is 18.0 Å². The highest BCUT2D eigenvalue weighted by molar-refractivity contribution is 5.93. The predicted octanol–water partition coefficient (Wildman–Crippen LogP) is 8.01. The number of amidine groups is 1. The van der Waals surface area contributed by atoms with E-state index in [-0.39, 0.29) is 18.1 Å². The molecule has 2 N–H and O–H groups in total. The van der Waals surface area contributed by atoms with Gasteiger partial charge in [0.15, 0.2) is 0 Å². The molecular weight excluding hydrogens is 551 g/mol. The van der Waals surface area contributed by atoms with Gasteiger partial charge in [-0.25, -0.2) is 13.9 Å². The van der Waals surface area contributed by atoms with E-state index in [1.807, 2.05) is 59.3 Å². The van der Waals surface area contributed by atoms with Crippen LogP contribution in [0.15, 0.2) is 127 Å². The standard InChI is InChI=1S/C37H35FN4O2/c1-5-31-32(25-33(39)40-35(43)44-36(2,3)4)42(41-34(31)26-21-23-30(38)24-22-26)37(27-15-9-6-10-16-27,28-17-11-7-12-18-28)29-19-13-8-14-20-29/h5-24H,1,25H2,2-4H3,(H2,39,40,43). The third-order valence-electron chi connectivity index (χ3n) is 7.21. The number of hydrogen-bond acceptors (Lipinski definition) is 3. The smallest absolute Gasteiger partial charge is 0.435 e. The number of nitrogens with two attached hydrogens (primary N) is 1. The van der Waals surface area contributed by atoms with Crippen molar-refractivity contribution in [1.82, 2.24) is 9.78 Å². The highest BCUT2D eigenvalue weighted by Crippen LogP contribution is 2.43. The Morgan fingerprint density at radius 2 is 1.34 bits per heavy atom. The number of amides is 1. The van der Waals surface area contributed by atoms with E-state index in [4.69, 9.17) is 15.6 Å². The van der Waals surface area contributed by atoms with Crippen molar-refractivity contribution in [3.8, 4) is 11.3 Å². The summed E-state index contributed by atoms with van der Waals surface area (Å²) < 4.78 is 21.4. The van der Waals surface area contributed by atoms with Gasteiger partial charge in [-0.15, -0.1) is 0 Å². The molecule has 4 aromatic carbocycles. The highest BCUT2D eigenvalue weighted by Gasteiger charge is 2.42. The molecule has 0 bridgehead atoms. The Hall–Kier alpha value is -5.30. The number of carbonyl (C=O) groups is 1. The first-order chi connectivity index (χ1) is 21.1. The highest BCUT2D eigenvalue weighted by atomic mass is 19.1. The molecule has 0 saturated heterocycles. The first kappa shape index (κ1) is 30.2. The van der Waals surface area contributed by atoms with E-state index in [9.17, 15) is 9.18 Å². The maximum Gasteiger partial charge on any atom is 0.435 e. The molecule has 0 unspecified atom stereocenters. The Morgan fingerprint density at radius 3 is 1.77 bits per heavy atom. The molecule has 222 valence electrons. The van der Waals surface area contributed by atoms with Crippen LogP contribution in [0.3, 0.4) is 0 Å². The second kappa shape index (κ2) is 12.5. The van der Waals surface area contributed by atoms with Crippen molar-refractivity contribution in [3.05, 3.63) is 156 Å². The third kappa shape index (κ3) is 6.08. The van der Waals surface area contributed by atoms with Crippen LogP contribution >= 0.6 is 0 Å². The number of hydrogen-bond donors (Lipinski definition) is 1. The third-order valence-corrected chi connectivity index (χ3v) is 7.21. The monoisotopic (exact) mass is 586 g/mol. The number of benzene rings is 4. The first-order valence-corrected chi connectivity index (χ1v) is 14.4. The molecule has 7 heteroatoms. The molecule has 1 amide bonds. The summed E-state index contributed by atoms with van der Waals surface area (Å²) in [5.74, 6) is -0.299. The van der Waals surface area contributed by atoms with Gasteiger partial charge >= 0.3 is 6.09 Å². The van der Waals surface area contributed by atoms with E-state index in [0.29, 0.717) is 22.5 Å². The van der Waals surface area contributed by atoms with Gasteiger partial charge in [-0.3, -0.25) is 0 Å². The van der Waals surface area contributed by atoms with Gasteiger partial charge in [-0.2, -0.15) is 10.1 Å². The van der Waals surface area contributed by atoms with Gasteiger partial charge in [0.25, 0.3) is 0 Å². The van der Waals surface area contributed by atoms with E-state index in [0.717, 1.165) is 16.7 Å². The van der Waals surface area contributed by atoms with Gasteiger partial charge in [-0.1, -0.05) is 104 Å². The normalized spacial score (nSPS) is 12.1. The molecule has 44 heavy (non-hydrogen) atoms. The molecule has 0 spiro atoms. The summed E-state index contributed by atoms with van der Waals surface area (Å²) in [5.41, 5.74) is 10.2. The van der Waals surface area contributed by atoms with Crippen molar-refractivity contribution in [2.24, 2.45) is 10.7 Å². The topological polar surface area (TPSA) is 82.5 Å². The van der Waals surface area contributed by atoms with Crippen LogP contribution < -0.4 is 5.73 Å². The lowest BCUT2D eigenvalue weighted by molar-refractivity contribution is 0.0604. The summed E-state index contributed by atoms with van der Waals surface area (Å²) in [7, 11) is 0. The number of nitrogens with zero attached hydrogens (tertiary/aromatic N) is 3. The Balaban J connectivity index is 1.87. The van der Waals surface area contributed by atoms with Gasteiger partial charge in [0.1, 0.15) is 22.8 Å². The van der Waals surface area contributed by atoms with Crippen molar-refractivity contribution < 1.29 is 13.9 Å². The average molecular weight is 587 g/mol. The summed E-state index contributed by atoms with van der Waals surface area (Å²) in [6.45, 7) is 9.43. The maximum absolute atomic E-state index is 14.0. The zero-order chi connectivity index (χ0) is 31.3. The molecular formula is C37H35FN4O2. The predicted molar refractivity (Wildman–Crippen MR) is 174 cm³/mol. The van der Waals surface area contributed by atoms with Crippen molar-refractivity contribution in [3.63, 3.8) is 0 Å². The van der Waals surface area contributed by atoms with E-state index in [1.54, 1.807) is 39.0 Å². The van der Waals surface area contributed by atoms with Crippen LogP contribution in [0.5, 0.6) is 0 Å². The number of aromatic nitrogens is 2. The van der Waals surface area contributed by atoms with Crippen molar-refractivity contribution in [2.45, 2.75) is 38.3 Å². The lowest BCUT2D eigenvalue weighted by Gasteiger charge is -2.37. The van der Waals surface area contributed by atoms with E-state index < -0.39 is 17.2 Å². The summed E-state index contributed by atoms with van der Waals surface area (Å²) in [5, 5.41) is 5.27. The fourth-order valence-corrected chi connectivity index (χ4v) is 5.47. The van der Waals surface area contributed by atoms with Gasteiger partial charge < -0.3 is 10.5 Å². The molecule has 1 aromatic heterocycles. The second-order valence-electron chi connectivity index (χ2n) is 11.4. The SMILES string of the molecule is C=Cc1c(-c2ccc(F)cc2)nn(C(c2ccccc2)(c2ccccc2)c2ccccc2)c1CC(N)=NC(=O)OC(C)(C)C. The number of carbonyl (C=O) groups excluding carboxylic acids is 1. The summed E-state index contributed by atoms with van der Waals surface area (Å²) in [4.78, 5) is 16.7. The molecule has 0 radical (unpaired) electrons. The van der Waals surface area contributed by atoms with Gasteiger partial charge in [0.05, 0.1) is 11.4 Å². The zero-order valence-corrected chi connectivity index (χ0v) is 25.1. The number of aliphatic imine (C=N–C) groups is 1. The molecule has 0 fully saturated rings. The average Bonchev–Trinajstić information content (AvgIpc) is 3.36. The molecule has 5 aromatic rings. The minimum Gasteiger partial charge on any atom is -0.442 e. The van der Waals surface area contributed by atoms with Gasteiger partial charge in [0.2, 0.25) is 0 Å². The number of halogens is 1. The van der Waals surface area contributed by atoms with Gasteiger partial charge in [-0.05, 0) is 61.7 Å². The minimum atomic E-state index is -0.985. The van der Waals surface area contributed by atoms with Crippen LogP contribution in [0.4, 0.5) is 9.18 Å². The van der Waals surface area contributed by atoms with Gasteiger partial charge in [0, 0.05) is 17.5 Å². The lowest BCUT2D eigenvalue weighted by Crippen LogP contribution is -2.40. The van der Waals surface area contributed by atoms with Crippen molar-refractivity contribution in [2.75, 3.05) is 0 Å². The van der Waals surface area contributed by atoms with E-state index in [2.05, 4.69) is 48.0 Å². The fourth-order valence-electron chi connectivity index (χ4n) is 5.47. The van der Waals surface area contributed by atoms with Crippen LogP contribution in [-0.2, 0) is 16.7 Å². The van der Waals surface area contributed by atoms with E-state index in [1.165, 1.54) is 12.1 Å². The molecule has 1 heterocycles. The quantitative estimate of drug-likeness (QED) is 0.113. The molecule has 0 aliphatic rings. The number of ether oxygens (including phenoxy) is 1. The van der Waals surface area contributed by atoms with Crippen LogP contribution in [-0.4, -0.2) is 27.3 Å². The molecule has 0 aliphatic heterocycles. The number of rotatable bonds is 8. The van der Waals surface area contributed by atoms with E-state index >= 15 is 0 Å². The molecule has 6 nitrogen and oxygen atoms in total. The van der Waals surface area contributed by atoms with Crippen LogP contribution in [0, 0.1) is 5.82 Å². The van der Waals surface area contributed by atoms with Crippen LogP contribution in [0.2, 0.25) is 0 Å². The Bertz CT molecular complexity index is 1680. The molecule has 0 aliphatic carbocycles. The largest absolute Gasteiger partial charge is 0.442 e. The van der Waals surface area contributed by atoms with Crippen LogP contribution in [0.1, 0.15) is 48.7 Å². The second-order valence-corrected chi connectivity index (χ2v) is 11.4. The lowest BCUT2D eigenvalue weighted by atomic mass is 9.76. The summed E-state index contributed by atoms with van der Waals surface area (Å²) in [6.07, 6.45) is 0.994.